The lowest BCUT2D eigenvalue weighted by atomic mass is 9.87. The Morgan fingerprint density at radius 3 is 2.93 bits per heavy atom. The lowest BCUT2D eigenvalue weighted by Crippen LogP contribution is -2.28. The number of methoxy groups -OCH3 is 1. The molecule has 2 N–H and O–H groups in total. The Labute approximate surface area is 162 Å². The van der Waals surface area contributed by atoms with E-state index in [0.717, 1.165) is 36.1 Å². The summed E-state index contributed by atoms with van der Waals surface area (Å²) in [5.41, 5.74) is 4.21. The van der Waals surface area contributed by atoms with Gasteiger partial charge < -0.3 is 15.2 Å². The van der Waals surface area contributed by atoms with Gasteiger partial charge in [-0.05, 0) is 54.7 Å². The number of rotatable bonds is 5. The lowest BCUT2D eigenvalue weighted by Gasteiger charge is -2.26. The first kappa shape index (κ1) is 17.9. The molecule has 4 rings (SSSR count). The molecular weight excluding hydrogens is 356 g/mol. The van der Waals surface area contributed by atoms with E-state index in [0.29, 0.717) is 17.3 Å². The van der Waals surface area contributed by atoms with E-state index in [1.54, 1.807) is 37.8 Å². The maximum absolute atomic E-state index is 11.2. The van der Waals surface area contributed by atoms with Gasteiger partial charge in [-0.1, -0.05) is 6.07 Å². The second-order valence-corrected chi connectivity index (χ2v) is 6.75. The van der Waals surface area contributed by atoms with Crippen molar-refractivity contribution in [2.45, 2.75) is 25.3 Å². The van der Waals surface area contributed by atoms with Crippen LogP contribution in [-0.4, -0.2) is 39.2 Å². The summed E-state index contributed by atoms with van der Waals surface area (Å²) in [6, 6.07) is 9.21. The SMILES string of the molecule is COc1cncc(-c2ccnc(NC3CCc4ccc(C(=O)O)cc4C3)n2)c1. The summed E-state index contributed by atoms with van der Waals surface area (Å²) < 4.78 is 5.22. The number of anilines is 1. The predicted octanol–water partition coefficient (Wildman–Crippen LogP) is 3.21. The van der Waals surface area contributed by atoms with Crippen LogP contribution in [0.5, 0.6) is 5.75 Å². The van der Waals surface area contributed by atoms with E-state index in [4.69, 9.17) is 4.74 Å². The molecule has 7 heteroatoms. The first-order chi connectivity index (χ1) is 13.6. The number of benzene rings is 1. The molecule has 0 saturated carbocycles. The first-order valence-electron chi connectivity index (χ1n) is 9.06. The van der Waals surface area contributed by atoms with E-state index in [1.165, 1.54) is 5.56 Å². The lowest BCUT2D eigenvalue weighted by molar-refractivity contribution is 0.0696. The number of carboxylic acid groups (broad SMARTS) is 1. The minimum atomic E-state index is -0.902. The van der Waals surface area contributed by atoms with E-state index in [9.17, 15) is 9.90 Å². The van der Waals surface area contributed by atoms with Gasteiger partial charge in [0.2, 0.25) is 5.95 Å². The average Bonchev–Trinajstić information content (AvgIpc) is 2.73. The number of nitrogens with one attached hydrogen (secondary N) is 1. The molecule has 1 aliphatic carbocycles. The third-order valence-corrected chi connectivity index (χ3v) is 4.92. The quantitative estimate of drug-likeness (QED) is 0.705. The molecule has 1 aliphatic rings. The molecule has 28 heavy (non-hydrogen) atoms. The molecule has 3 aromatic rings. The van der Waals surface area contributed by atoms with Gasteiger partial charge >= 0.3 is 5.97 Å². The van der Waals surface area contributed by atoms with Crippen molar-refractivity contribution in [3.8, 4) is 17.0 Å². The Balaban J connectivity index is 1.52. The number of fused-ring (bicyclic) bond motifs is 1. The van der Waals surface area contributed by atoms with Crippen LogP contribution >= 0.6 is 0 Å². The van der Waals surface area contributed by atoms with E-state index in [-0.39, 0.29) is 6.04 Å². The fourth-order valence-electron chi connectivity index (χ4n) is 3.46. The molecule has 0 spiro atoms. The van der Waals surface area contributed by atoms with Gasteiger partial charge in [0, 0.05) is 24.0 Å². The summed E-state index contributed by atoms with van der Waals surface area (Å²) in [7, 11) is 1.60. The van der Waals surface area contributed by atoms with Crippen LogP contribution < -0.4 is 10.1 Å². The molecule has 2 heterocycles. The van der Waals surface area contributed by atoms with Crippen LogP contribution in [0.4, 0.5) is 5.95 Å². The highest BCUT2D eigenvalue weighted by Crippen LogP contribution is 2.25. The fourth-order valence-corrected chi connectivity index (χ4v) is 3.46. The molecule has 0 radical (unpaired) electrons. The van der Waals surface area contributed by atoms with E-state index in [1.807, 2.05) is 18.2 Å². The fraction of sp³-hybridized carbons (Fsp3) is 0.238. The highest BCUT2D eigenvalue weighted by molar-refractivity contribution is 5.88. The molecule has 0 amide bonds. The van der Waals surface area contributed by atoms with Gasteiger partial charge in [-0.2, -0.15) is 0 Å². The second-order valence-electron chi connectivity index (χ2n) is 6.75. The number of aryl methyl sites for hydroxylation is 1. The molecule has 7 nitrogen and oxygen atoms in total. The van der Waals surface area contributed by atoms with Crippen molar-refractivity contribution in [1.82, 2.24) is 15.0 Å². The van der Waals surface area contributed by atoms with Crippen LogP contribution in [0.15, 0.2) is 48.9 Å². The number of aromatic carboxylic acids is 1. The average molecular weight is 376 g/mol. The van der Waals surface area contributed by atoms with Crippen molar-refractivity contribution >= 4 is 11.9 Å². The van der Waals surface area contributed by atoms with Crippen molar-refractivity contribution in [2.24, 2.45) is 0 Å². The predicted molar refractivity (Wildman–Crippen MR) is 105 cm³/mol. The molecule has 0 saturated heterocycles. The van der Waals surface area contributed by atoms with Gasteiger partial charge in [-0.15, -0.1) is 0 Å². The molecular formula is C21H20N4O3. The molecule has 1 unspecified atom stereocenters. The van der Waals surface area contributed by atoms with Crippen LogP contribution in [0.1, 0.15) is 27.9 Å². The Morgan fingerprint density at radius 2 is 2.11 bits per heavy atom. The first-order valence-corrected chi connectivity index (χ1v) is 9.06. The number of carbonyl (C=O) groups is 1. The summed E-state index contributed by atoms with van der Waals surface area (Å²) in [4.78, 5) is 24.3. The Kier molecular flexibility index (Phi) is 4.89. The monoisotopic (exact) mass is 376 g/mol. The number of hydrogen-bond donors (Lipinski definition) is 2. The Morgan fingerprint density at radius 1 is 1.21 bits per heavy atom. The van der Waals surface area contributed by atoms with Crippen LogP contribution in [0, 0.1) is 0 Å². The van der Waals surface area contributed by atoms with Crippen LogP contribution in [0.2, 0.25) is 0 Å². The van der Waals surface area contributed by atoms with E-state index >= 15 is 0 Å². The van der Waals surface area contributed by atoms with E-state index < -0.39 is 5.97 Å². The zero-order valence-corrected chi connectivity index (χ0v) is 15.4. The third-order valence-electron chi connectivity index (χ3n) is 4.92. The molecule has 142 valence electrons. The van der Waals surface area contributed by atoms with Gasteiger partial charge in [-0.3, -0.25) is 4.98 Å². The number of hydrogen-bond acceptors (Lipinski definition) is 6. The number of nitrogens with zero attached hydrogens (tertiary/aromatic N) is 3. The van der Waals surface area contributed by atoms with Gasteiger partial charge in [0.15, 0.2) is 0 Å². The topological polar surface area (TPSA) is 97.2 Å². The molecule has 0 fully saturated rings. The van der Waals surface area contributed by atoms with Gasteiger partial charge in [0.25, 0.3) is 0 Å². The van der Waals surface area contributed by atoms with Crippen molar-refractivity contribution in [3.63, 3.8) is 0 Å². The maximum atomic E-state index is 11.2. The zero-order chi connectivity index (χ0) is 19.5. The number of carboxylic acids is 1. The van der Waals surface area contributed by atoms with Gasteiger partial charge in [-0.25, -0.2) is 14.8 Å². The second kappa shape index (κ2) is 7.64. The van der Waals surface area contributed by atoms with Gasteiger partial charge in [0.05, 0.1) is 24.6 Å². The van der Waals surface area contributed by atoms with Crippen molar-refractivity contribution in [1.29, 1.82) is 0 Å². The normalized spacial score (nSPS) is 15.5. The summed E-state index contributed by atoms with van der Waals surface area (Å²) in [5, 5.41) is 12.6. The maximum Gasteiger partial charge on any atom is 0.335 e. The Bertz CT molecular complexity index is 1020. The summed E-state index contributed by atoms with van der Waals surface area (Å²) in [6.07, 6.45) is 7.67. The van der Waals surface area contributed by atoms with E-state index in [2.05, 4.69) is 20.3 Å². The van der Waals surface area contributed by atoms with Crippen LogP contribution in [0.3, 0.4) is 0 Å². The van der Waals surface area contributed by atoms with Gasteiger partial charge in [0.1, 0.15) is 5.75 Å². The zero-order valence-electron chi connectivity index (χ0n) is 15.4. The highest BCUT2D eigenvalue weighted by Gasteiger charge is 2.20. The molecule has 1 atom stereocenters. The summed E-state index contributed by atoms with van der Waals surface area (Å²) in [5.74, 6) is 0.313. The smallest absolute Gasteiger partial charge is 0.335 e. The van der Waals surface area contributed by atoms with Crippen molar-refractivity contribution < 1.29 is 14.6 Å². The molecule has 0 aliphatic heterocycles. The van der Waals surface area contributed by atoms with Crippen molar-refractivity contribution in [3.05, 3.63) is 65.6 Å². The Hall–Kier alpha value is -3.48. The van der Waals surface area contributed by atoms with Crippen molar-refractivity contribution in [2.75, 3.05) is 12.4 Å². The molecule has 1 aromatic carbocycles. The number of aromatic nitrogens is 3. The minimum Gasteiger partial charge on any atom is -0.495 e. The summed E-state index contributed by atoms with van der Waals surface area (Å²) in [6.45, 7) is 0. The molecule has 0 bridgehead atoms. The molecule has 2 aromatic heterocycles. The minimum absolute atomic E-state index is 0.148. The van der Waals surface area contributed by atoms with Crippen LogP contribution in [-0.2, 0) is 12.8 Å². The number of ether oxygens (including phenoxy) is 1. The number of pyridine rings is 1. The standard InChI is InChI=1S/C21H20N4O3/c1-28-18-10-16(11-22-12-18)19-6-7-23-21(25-19)24-17-5-4-13-2-3-14(20(26)27)8-15(13)9-17/h2-3,6-8,10-12,17H,4-5,9H2,1H3,(H,26,27)(H,23,24,25). The van der Waals surface area contributed by atoms with Crippen LogP contribution in [0.25, 0.3) is 11.3 Å². The highest BCUT2D eigenvalue weighted by atomic mass is 16.5. The summed E-state index contributed by atoms with van der Waals surface area (Å²) >= 11 is 0. The third kappa shape index (κ3) is 3.78. The largest absolute Gasteiger partial charge is 0.495 e.